The lowest BCUT2D eigenvalue weighted by molar-refractivity contribution is 0.177. The van der Waals surface area contributed by atoms with Crippen molar-refractivity contribution in [1.29, 1.82) is 0 Å². The molecule has 1 aliphatic carbocycles. The summed E-state index contributed by atoms with van der Waals surface area (Å²) in [6.45, 7) is 4.74. The molecule has 3 heteroatoms. The highest BCUT2D eigenvalue weighted by Crippen LogP contribution is 2.25. The van der Waals surface area contributed by atoms with Crippen molar-refractivity contribution in [3.8, 4) is 5.75 Å². The Morgan fingerprint density at radius 3 is 2.78 bits per heavy atom. The van der Waals surface area contributed by atoms with Gasteiger partial charge in [0.2, 0.25) is 0 Å². The van der Waals surface area contributed by atoms with Crippen LogP contribution < -0.4 is 10.1 Å². The Labute approximate surface area is 109 Å². The number of fused-ring (bicyclic) bond motifs is 1. The third kappa shape index (κ3) is 3.47. The fourth-order valence-corrected chi connectivity index (χ4v) is 2.46. The van der Waals surface area contributed by atoms with Gasteiger partial charge in [0.15, 0.2) is 0 Å². The Morgan fingerprint density at radius 1 is 1.28 bits per heavy atom. The van der Waals surface area contributed by atoms with Gasteiger partial charge >= 0.3 is 0 Å². The van der Waals surface area contributed by atoms with Crippen molar-refractivity contribution in [3.63, 3.8) is 0 Å². The average molecular weight is 249 g/mol. The maximum atomic E-state index is 9.27. The van der Waals surface area contributed by atoms with Crippen LogP contribution in [0.2, 0.25) is 0 Å². The molecule has 100 valence electrons. The lowest BCUT2D eigenvalue weighted by Crippen LogP contribution is -2.41. The van der Waals surface area contributed by atoms with Gasteiger partial charge in [-0.05, 0) is 42.5 Å². The Balaban J connectivity index is 1.89. The number of benzene rings is 1. The zero-order valence-corrected chi connectivity index (χ0v) is 11.3. The number of aliphatic hydroxyl groups is 1. The summed E-state index contributed by atoms with van der Waals surface area (Å²) in [7, 11) is 0. The predicted octanol–water partition coefficient (Wildman–Crippen LogP) is 1.91. The zero-order valence-electron chi connectivity index (χ0n) is 11.3. The molecule has 0 heterocycles. The first-order valence-electron chi connectivity index (χ1n) is 6.80. The van der Waals surface area contributed by atoms with Crippen molar-refractivity contribution in [1.82, 2.24) is 5.32 Å². The number of aliphatic hydroxyl groups excluding tert-OH is 1. The molecular weight excluding hydrogens is 226 g/mol. The lowest BCUT2D eigenvalue weighted by atomic mass is 10.1. The number of hydrogen-bond donors (Lipinski definition) is 2. The summed E-state index contributed by atoms with van der Waals surface area (Å²) in [6.07, 6.45) is 3.62. The standard InChI is InChI=1S/C15H23NO2/c1-11(2)16-14(9-17)10-18-15-7-6-12-4-3-5-13(12)8-15/h6-8,11,14,16-17H,3-5,9-10H2,1-2H3. The van der Waals surface area contributed by atoms with E-state index in [0.717, 1.165) is 5.75 Å². The van der Waals surface area contributed by atoms with Crippen molar-refractivity contribution in [2.45, 2.75) is 45.2 Å². The average Bonchev–Trinajstić information content (AvgIpc) is 2.81. The highest BCUT2D eigenvalue weighted by molar-refractivity contribution is 5.38. The minimum Gasteiger partial charge on any atom is -0.492 e. The first-order chi connectivity index (χ1) is 8.69. The third-order valence-corrected chi connectivity index (χ3v) is 3.31. The largest absolute Gasteiger partial charge is 0.492 e. The maximum absolute atomic E-state index is 9.27. The molecule has 1 aliphatic rings. The van der Waals surface area contributed by atoms with Crippen LogP contribution in [0.15, 0.2) is 18.2 Å². The summed E-state index contributed by atoms with van der Waals surface area (Å²) in [5.74, 6) is 0.916. The van der Waals surface area contributed by atoms with Crippen LogP contribution in [0.3, 0.4) is 0 Å². The number of hydrogen-bond acceptors (Lipinski definition) is 3. The van der Waals surface area contributed by atoms with Crippen LogP contribution >= 0.6 is 0 Å². The molecule has 0 aliphatic heterocycles. The van der Waals surface area contributed by atoms with E-state index in [2.05, 4.69) is 31.3 Å². The van der Waals surface area contributed by atoms with Gasteiger partial charge in [-0.3, -0.25) is 0 Å². The molecule has 0 aromatic heterocycles. The van der Waals surface area contributed by atoms with Crippen molar-refractivity contribution >= 4 is 0 Å². The smallest absolute Gasteiger partial charge is 0.119 e. The molecule has 0 fully saturated rings. The minimum absolute atomic E-state index is 0.00162. The van der Waals surface area contributed by atoms with Crippen LogP contribution in [0.5, 0.6) is 5.75 Å². The molecule has 1 unspecified atom stereocenters. The van der Waals surface area contributed by atoms with Crippen LogP contribution in [-0.4, -0.2) is 30.4 Å². The summed E-state index contributed by atoms with van der Waals surface area (Å²) < 4.78 is 5.76. The molecule has 0 bridgehead atoms. The quantitative estimate of drug-likeness (QED) is 0.809. The fourth-order valence-electron chi connectivity index (χ4n) is 2.46. The van der Waals surface area contributed by atoms with E-state index in [1.165, 1.54) is 30.4 Å². The molecule has 2 N–H and O–H groups in total. The molecule has 18 heavy (non-hydrogen) atoms. The number of rotatable bonds is 6. The van der Waals surface area contributed by atoms with E-state index >= 15 is 0 Å². The summed E-state index contributed by atoms with van der Waals surface area (Å²) in [5.41, 5.74) is 2.88. The summed E-state index contributed by atoms with van der Waals surface area (Å²) >= 11 is 0. The van der Waals surface area contributed by atoms with Crippen LogP contribution in [0.25, 0.3) is 0 Å². The highest BCUT2D eigenvalue weighted by atomic mass is 16.5. The van der Waals surface area contributed by atoms with E-state index in [1.807, 2.05) is 6.07 Å². The van der Waals surface area contributed by atoms with Gasteiger partial charge in [0.25, 0.3) is 0 Å². The Hall–Kier alpha value is -1.06. The topological polar surface area (TPSA) is 41.5 Å². The Bertz CT molecular complexity index is 390. The van der Waals surface area contributed by atoms with Gasteiger partial charge in [-0.15, -0.1) is 0 Å². The molecule has 1 aromatic carbocycles. The Morgan fingerprint density at radius 2 is 2.06 bits per heavy atom. The molecule has 2 rings (SSSR count). The molecule has 0 radical (unpaired) electrons. The second-order valence-corrected chi connectivity index (χ2v) is 5.30. The Kier molecular flexibility index (Phi) is 4.61. The zero-order chi connectivity index (χ0) is 13.0. The number of nitrogens with one attached hydrogen (secondary N) is 1. The van der Waals surface area contributed by atoms with E-state index < -0.39 is 0 Å². The minimum atomic E-state index is -0.00162. The van der Waals surface area contributed by atoms with E-state index in [1.54, 1.807) is 0 Å². The van der Waals surface area contributed by atoms with Gasteiger partial charge in [0.05, 0.1) is 12.6 Å². The first kappa shape index (κ1) is 13.4. The predicted molar refractivity (Wildman–Crippen MR) is 73.1 cm³/mol. The van der Waals surface area contributed by atoms with E-state index in [4.69, 9.17) is 4.74 Å². The van der Waals surface area contributed by atoms with Crippen molar-refractivity contribution in [3.05, 3.63) is 29.3 Å². The summed E-state index contributed by atoms with van der Waals surface area (Å²) in [5, 5.41) is 12.5. The molecule has 3 nitrogen and oxygen atoms in total. The molecular formula is C15H23NO2. The van der Waals surface area contributed by atoms with Crippen LogP contribution in [0.4, 0.5) is 0 Å². The first-order valence-corrected chi connectivity index (χ1v) is 6.80. The summed E-state index contributed by atoms with van der Waals surface area (Å²) in [4.78, 5) is 0. The molecule has 0 saturated heterocycles. The molecule has 0 amide bonds. The monoisotopic (exact) mass is 249 g/mol. The van der Waals surface area contributed by atoms with Crippen LogP contribution in [0, 0.1) is 0 Å². The van der Waals surface area contributed by atoms with Gasteiger partial charge in [0.1, 0.15) is 12.4 Å². The highest BCUT2D eigenvalue weighted by Gasteiger charge is 2.13. The van der Waals surface area contributed by atoms with Gasteiger partial charge in [-0.25, -0.2) is 0 Å². The van der Waals surface area contributed by atoms with Gasteiger partial charge < -0.3 is 15.2 Å². The van der Waals surface area contributed by atoms with Gasteiger partial charge in [-0.1, -0.05) is 19.9 Å². The second-order valence-electron chi connectivity index (χ2n) is 5.30. The second kappa shape index (κ2) is 6.21. The molecule has 0 spiro atoms. The van der Waals surface area contributed by atoms with E-state index in [0.29, 0.717) is 12.6 Å². The van der Waals surface area contributed by atoms with Gasteiger partial charge in [-0.2, -0.15) is 0 Å². The van der Waals surface area contributed by atoms with Crippen LogP contribution in [-0.2, 0) is 12.8 Å². The molecule has 0 saturated carbocycles. The van der Waals surface area contributed by atoms with Crippen LogP contribution in [0.1, 0.15) is 31.4 Å². The summed E-state index contributed by atoms with van der Waals surface area (Å²) in [6, 6.07) is 6.70. The third-order valence-electron chi connectivity index (χ3n) is 3.31. The maximum Gasteiger partial charge on any atom is 0.119 e. The SMILES string of the molecule is CC(C)NC(CO)COc1ccc2c(c1)CCC2. The van der Waals surface area contributed by atoms with Crippen molar-refractivity contribution < 1.29 is 9.84 Å². The van der Waals surface area contributed by atoms with E-state index in [-0.39, 0.29) is 12.6 Å². The number of ether oxygens (including phenoxy) is 1. The normalized spacial score (nSPS) is 15.8. The fraction of sp³-hybridized carbons (Fsp3) is 0.600. The van der Waals surface area contributed by atoms with Crippen molar-refractivity contribution in [2.75, 3.05) is 13.2 Å². The van der Waals surface area contributed by atoms with Gasteiger partial charge in [0, 0.05) is 6.04 Å². The molecule has 1 aromatic rings. The number of aryl methyl sites for hydroxylation is 2. The van der Waals surface area contributed by atoms with Crippen molar-refractivity contribution in [2.24, 2.45) is 0 Å². The van der Waals surface area contributed by atoms with E-state index in [9.17, 15) is 5.11 Å². The molecule has 1 atom stereocenters. The lowest BCUT2D eigenvalue weighted by Gasteiger charge is -2.19.